The highest BCUT2D eigenvalue weighted by molar-refractivity contribution is 8.00. The highest BCUT2D eigenvalue weighted by atomic mass is 32.2. The molecular weight excluding hydrogens is 406 g/mol. The summed E-state index contributed by atoms with van der Waals surface area (Å²) in [6.45, 7) is 2.03. The van der Waals surface area contributed by atoms with Crippen LogP contribution in [0.3, 0.4) is 0 Å². The Morgan fingerprint density at radius 2 is 2.00 bits per heavy atom. The van der Waals surface area contributed by atoms with E-state index in [0.717, 1.165) is 20.7 Å². The molecule has 2 heterocycles. The lowest BCUT2D eigenvalue weighted by molar-refractivity contribution is -0.113. The molecule has 4 rings (SSSR count). The molecule has 6 nitrogen and oxygen atoms in total. The van der Waals surface area contributed by atoms with Crippen LogP contribution in [0, 0.1) is 6.92 Å². The van der Waals surface area contributed by atoms with Gasteiger partial charge in [0.2, 0.25) is 5.91 Å². The second-order valence-electron chi connectivity index (χ2n) is 6.29. The summed E-state index contributed by atoms with van der Waals surface area (Å²) in [4.78, 5) is 29.7. The number of fused-ring (bicyclic) bond motifs is 1. The van der Waals surface area contributed by atoms with E-state index in [4.69, 9.17) is 4.42 Å². The van der Waals surface area contributed by atoms with Gasteiger partial charge in [0.05, 0.1) is 22.2 Å². The molecule has 0 unspecified atom stereocenters. The maximum Gasteiger partial charge on any atom is 0.291 e. The van der Waals surface area contributed by atoms with E-state index in [1.54, 1.807) is 18.2 Å². The first-order valence-electron chi connectivity index (χ1n) is 8.81. The van der Waals surface area contributed by atoms with Crippen molar-refractivity contribution < 1.29 is 14.0 Å². The number of hydrogen-bond acceptors (Lipinski definition) is 6. The molecule has 0 saturated heterocycles. The van der Waals surface area contributed by atoms with Gasteiger partial charge in [-0.05, 0) is 55.0 Å². The molecule has 0 radical (unpaired) electrons. The van der Waals surface area contributed by atoms with Gasteiger partial charge in [0.15, 0.2) is 10.9 Å². The Hall–Kier alpha value is -3.10. The van der Waals surface area contributed by atoms with Crippen LogP contribution in [0.2, 0.25) is 0 Å². The normalized spacial score (nSPS) is 10.8. The third-order valence-corrected chi connectivity index (χ3v) is 5.92. The van der Waals surface area contributed by atoms with Gasteiger partial charge in [-0.15, -0.1) is 11.8 Å². The molecule has 0 spiro atoms. The van der Waals surface area contributed by atoms with Gasteiger partial charge in [0, 0.05) is 10.6 Å². The minimum absolute atomic E-state index is 0.129. The van der Waals surface area contributed by atoms with Crippen LogP contribution >= 0.6 is 23.1 Å². The van der Waals surface area contributed by atoms with E-state index >= 15 is 0 Å². The third-order valence-electron chi connectivity index (χ3n) is 4.00. The lowest BCUT2D eigenvalue weighted by Gasteiger charge is -2.06. The zero-order valence-electron chi connectivity index (χ0n) is 15.5. The summed E-state index contributed by atoms with van der Waals surface area (Å²) in [5.41, 5.74) is 2.68. The molecule has 0 saturated carbocycles. The number of hydrogen-bond donors (Lipinski definition) is 2. The predicted molar refractivity (Wildman–Crippen MR) is 117 cm³/mol. The molecule has 29 heavy (non-hydrogen) atoms. The highest BCUT2D eigenvalue weighted by Crippen LogP contribution is 2.27. The Bertz CT molecular complexity index is 1170. The number of benzene rings is 2. The molecule has 2 amide bonds. The summed E-state index contributed by atoms with van der Waals surface area (Å²) in [7, 11) is 0. The Balaban J connectivity index is 1.34. The van der Waals surface area contributed by atoms with Crippen LogP contribution in [0.25, 0.3) is 10.2 Å². The second kappa shape index (κ2) is 8.50. The topological polar surface area (TPSA) is 84.2 Å². The van der Waals surface area contributed by atoms with Crippen LogP contribution < -0.4 is 10.6 Å². The van der Waals surface area contributed by atoms with Gasteiger partial charge in [-0.3, -0.25) is 9.59 Å². The quantitative estimate of drug-likeness (QED) is 0.418. The zero-order valence-corrected chi connectivity index (χ0v) is 17.1. The smallest absolute Gasteiger partial charge is 0.291 e. The molecule has 0 aliphatic rings. The zero-order chi connectivity index (χ0) is 20.2. The van der Waals surface area contributed by atoms with Crippen LogP contribution in [0.4, 0.5) is 10.8 Å². The number of carbonyl (C=O) groups excluding carboxylic acids is 2. The largest absolute Gasteiger partial charge is 0.459 e. The Kier molecular flexibility index (Phi) is 5.64. The van der Waals surface area contributed by atoms with Gasteiger partial charge in [-0.2, -0.15) is 0 Å². The standard InChI is InChI=1S/C21H17N3O3S2/c1-13-7-8-16-18(10-13)29-21(23-16)24-19(25)12-28-15-5-2-4-14(11-15)22-20(26)17-6-3-9-27-17/h2-11H,12H2,1H3,(H,22,26)(H,23,24,25). The minimum atomic E-state index is -0.319. The van der Waals surface area contributed by atoms with Gasteiger partial charge < -0.3 is 15.1 Å². The number of nitrogens with zero attached hydrogens (tertiary/aromatic N) is 1. The number of amides is 2. The van der Waals surface area contributed by atoms with Crippen molar-refractivity contribution in [2.75, 3.05) is 16.4 Å². The van der Waals surface area contributed by atoms with E-state index in [1.807, 2.05) is 37.3 Å². The summed E-state index contributed by atoms with van der Waals surface area (Å²) < 4.78 is 6.14. The number of anilines is 2. The van der Waals surface area contributed by atoms with Gasteiger partial charge in [0.1, 0.15) is 0 Å². The first kappa shape index (κ1) is 19.2. The van der Waals surface area contributed by atoms with Gasteiger partial charge in [-0.1, -0.05) is 23.5 Å². The predicted octanol–water partition coefficient (Wildman–Crippen LogP) is 5.18. The molecular formula is C21H17N3O3S2. The van der Waals surface area contributed by atoms with E-state index in [1.165, 1.54) is 29.4 Å². The molecule has 2 aromatic carbocycles. The van der Waals surface area contributed by atoms with Crippen molar-refractivity contribution >= 4 is 55.9 Å². The first-order chi connectivity index (χ1) is 14.1. The number of thiazole rings is 1. The fraction of sp³-hybridized carbons (Fsp3) is 0.0952. The molecule has 0 aliphatic carbocycles. The summed E-state index contributed by atoms with van der Waals surface area (Å²) in [5, 5.41) is 6.22. The summed E-state index contributed by atoms with van der Waals surface area (Å²) in [6, 6.07) is 16.6. The van der Waals surface area contributed by atoms with Crippen molar-refractivity contribution in [2.45, 2.75) is 11.8 Å². The van der Waals surface area contributed by atoms with Crippen LogP contribution in [0.5, 0.6) is 0 Å². The number of carbonyl (C=O) groups is 2. The maximum atomic E-state index is 12.3. The van der Waals surface area contributed by atoms with Gasteiger partial charge >= 0.3 is 0 Å². The van der Waals surface area contributed by atoms with Crippen LogP contribution in [0.1, 0.15) is 16.1 Å². The average Bonchev–Trinajstić information content (AvgIpc) is 3.36. The minimum Gasteiger partial charge on any atom is -0.459 e. The molecule has 4 aromatic rings. The van der Waals surface area contributed by atoms with Crippen molar-refractivity contribution in [3.8, 4) is 0 Å². The number of furan rings is 1. The molecule has 0 fully saturated rings. The number of aromatic nitrogens is 1. The molecule has 0 bridgehead atoms. The molecule has 0 aliphatic heterocycles. The van der Waals surface area contributed by atoms with E-state index < -0.39 is 0 Å². The Morgan fingerprint density at radius 3 is 2.83 bits per heavy atom. The van der Waals surface area contributed by atoms with E-state index in [0.29, 0.717) is 10.8 Å². The van der Waals surface area contributed by atoms with E-state index in [2.05, 4.69) is 21.7 Å². The van der Waals surface area contributed by atoms with Crippen molar-refractivity contribution in [3.63, 3.8) is 0 Å². The highest BCUT2D eigenvalue weighted by Gasteiger charge is 2.11. The first-order valence-corrected chi connectivity index (χ1v) is 10.6. The lowest BCUT2D eigenvalue weighted by atomic mass is 10.2. The van der Waals surface area contributed by atoms with E-state index in [9.17, 15) is 9.59 Å². The van der Waals surface area contributed by atoms with Crippen molar-refractivity contribution in [1.82, 2.24) is 4.98 Å². The Morgan fingerprint density at radius 1 is 1.10 bits per heavy atom. The summed E-state index contributed by atoms with van der Waals surface area (Å²) >= 11 is 2.85. The fourth-order valence-corrected chi connectivity index (χ4v) is 4.39. The third kappa shape index (κ3) is 4.85. The SMILES string of the molecule is Cc1ccc2nc(NC(=O)CSc3cccc(NC(=O)c4ccco4)c3)sc2c1. The van der Waals surface area contributed by atoms with Crippen LogP contribution in [0.15, 0.2) is 70.2 Å². The summed E-state index contributed by atoms with van der Waals surface area (Å²) in [5.74, 6) is 0.0371. The van der Waals surface area contributed by atoms with E-state index in [-0.39, 0.29) is 23.3 Å². The van der Waals surface area contributed by atoms with Crippen LogP contribution in [-0.4, -0.2) is 22.6 Å². The van der Waals surface area contributed by atoms with Gasteiger partial charge in [-0.25, -0.2) is 4.98 Å². The molecule has 146 valence electrons. The monoisotopic (exact) mass is 423 g/mol. The van der Waals surface area contributed by atoms with Crippen LogP contribution in [-0.2, 0) is 4.79 Å². The fourth-order valence-electron chi connectivity index (χ4n) is 2.65. The average molecular weight is 424 g/mol. The van der Waals surface area contributed by atoms with Crippen molar-refractivity contribution in [1.29, 1.82) is 0 Å². The second-order valence-corrected chi connectivity index (χ2v) is 8.37. The van der Waals surface area contributed by atoms with Gasteiger partial charge in [0.25, 0.3) is 5.91 Å². The molecule has 2 N–H and O–H groups in total. The molecule has 0 atom stereocenters. The molecule has 8 heteroatoms. The number of aryl methyl sites for hydroxylation is 1. The van der Waals surface area contributed by atoms with Crippen molar-refractivity contribution in [2.24, 2.45) is 0 Å². The number of nitrogens with one attached hydrogen (secondary N) is 2. The maximum absolute atomic E-state index is 12.3. The Labute approximate surface area is 175 Å². The van der Waals surface area contributed by atoms with Crippen molar-refractivity contribution in [3.05, 3.63) is 72.2 Å². The number of rotatable bonds is 6. The summed E-state index contributed by atoms with van der Waals surface area (Å²) in [6.07, 6.45) is 1.45. The number of thioether (sulfide) groups is 1. The molecule has 2 aromatic heterocycles. The lowest BCUT2D eigenvalue weighted by Crippen LogP contribution is -2.13.